The summed E-state index contributed by atoms with van der Waals surface area (Å²) < 4.78 is 5.42. The van der Waals surface area contributed by atoms with Gasteiger partial charge in [0.25, 0.3) is 0 Å². The number of rotatable bonds is 7. The lowest BCUT2D eigenvalue weighted by atomic mass is 10.1. The molecule has 2 aromatic rings. The Labute approximate surface area is 136 Å². The molecule has 0 unspecified atom stereocenters. The molecule has 5 heteroatoms. The first kappa shape index (κ1) is 17.4. The minimum atomic E-state index is -0.734. The number of nitrogens with zero attached hydrogens (tertiary/aromatic N) is 2. The maximum atomic E-state index is 12.4. The van der Waals surface area contributed by atoms with Crippen LogP contribution in [0.1, 0.15) is 42.9 Å². The van der Waals surface area contributed by atoms with Gasteiger partial charge in [-0.1, -0.05) is 32.0 Å². The van der Waals surface area contributed by atoms with Crippen molar-refractivity contribution < 1.29 is 14.6 Å². The van der Waals surface area contributed by atoms with E-state index in [0.29, 0.717) is 29.9 Å². The smallest absolute Gasteiger partial charge is 0.338 e. The molecule has 1 heterocycles. The number of hydrogen-bond donors (Lipinski definition) is 1. The van der Waals surface area contributed by atoms with E-state index in [1.807, 2.05) is 24.3 Å². The van der Waals surface area contributed by atoms with E-state index in [-0.39, 0.29) is 5.97 Å². The van der Waals surface area contributed by atoms with Crippen LogP contribution < -0.4 is 0 Å². The Morgan fingerprint density at radius 2 is 2.00 bits per heavy atom. The van der Waals surface area contributed by atoms with Gasteiger partial charge in [-0.15, -0.1) is 0 Å². The first-order valence-electron chi connectivity index (χ1n) is 8.04. The Kier molecular flexibility index (Phi) is 6.07. The van der Waals surface area contributed by atoms with Crippen molar-refractivity contribution in [1.29, 1.82) is 0 Å². The number of carbonyl (C=O) groups excluding carboxylic acids is 1. The lowest BCUT2D eigenvalue weighted by Gasteiger charge is -2.18. The number of aliphatic hydroxyl groups excluding tert-OH is 1. The van der Waals surface area contributed by atoms with Crippen LogP contribution in [0.2, 0.25) is 0 Å². The second kappa shape index (κ2) is 8.04. The molecule has 0 fully saturated rings. The fourth-order valence-corrected chi connectivity index (χ4v) is 2.46. The molecule has 1 atom stereocenters. The SMILES string of the molecule is CCN(CC)CCOC(=O)c1cc([C@H](C)O)nc2ccccc12. The van der Waals surface area contributed by atoms with Gasteiger partial charge in [-0.3, -0.25) is 4.98 Å². The third-order valence-electron chi connectivity index (χ3n) is 3.92. The first-order valence-corrected chi connectivity index (χ1v) is 8.04. The maximum absolute atomic E-state index is 12.4. The lowest BCUT2D eigenvalue weighted by molar-refractivity contribution is 0.0468. The highest BCUT2D eigenvalue weighted by Gasteiger charge is 2.16. The molecule has 1 N–H and O–H groups in total. The van der Waals surface area contributed by atoms with Gasteiger partial charge in [0.15, 0.2) is 0 Å². The summed E-state index contributed by atoms with van der Waals surface area (Å²) in [7, 11) is 0. The van der Waals surface area contributed by atoms with Crippen LogP contribution in [-0.4, -0.2) is 47.2 Å². The van der Waals surface area contributed by atoms with Gasteiger partial charge in [-0.05, 0) is 32.1 Å². The predicted molar refractivity (Wildman–Crippen MR) is 90.4 cm³/mol. The topological polar surface area (TPSA) is 62.7 Å². The summed E-state index contributed by atoms with van der Waals surface area (Å²) in [4.78, 5) is 19.0. The first-order chi connectivity index (χ1) is 11.1. The van der Waals surface area contributed by atoms with E-state index in [2.05, 4.69) is 23.7 Å². The number of para-hydroxylation sites is 1. The van der Waals surface area contributed by atoms with Gasteiger partial charge >= 0.3 is 5.97 Å². The van der Waals surface area contributed by atoms with Crippen molar-refractivity contribution in [3.05, 3.63) is 41.6 Å². The second-order valence-electron chi connectivity index (χ2n) is 5.45. The Balaban J connectivity index is 2.22. The number of pyridine rings is 1. The Hall–Kier alpha value is -1.98. The summed E-state index contributed by atoms with van der Waals surface area (Å²) in [6, 6.07) is 9.01. The van der Waals surface area contributed by atoms with Crippen molar-refractivity contribution in [2.45, 2.75) is 26.9 Å². The van der Waals surface area contributed by atoms with Crippen LogP contribution >= 0.6 is 0 Å². The molecular formula is C18H24N2O3. The number of ether oxygens (including phenoxy) is 1. The van der Waals surface area contributed by atoms with E-state index in [1.165, 1.54) is 0 Å². The quantitative estimate of drug-likeness (QED) is 0.796. The normalized spacial score (nSPS) is 12.6. The predicted octanol–water partition coefficient (Wildman–Crippen LogP) is 2.79. The minimum Gasteiger partial charge on any atom is -0.461 e. The van der Waals surface area contributed by atoms with Gasteiger partial charge in [-0.2, -0.15) is 0 Å². The molecule has 124 valence electrons. The fraction of sp³-hybridized carbons (Fsp3) is 0.444. The van der Waals surface area contributed by atoms with Crippen molar-refractivity contribution >= 4 is 16.9 Å². The van der Waals surface area contributed by atoms with Crippen LogP contribution in [0.15, 0.2) is 30.3 Å². The summed E-state index contributed by atoms with van der Waals surface area (Å²) >= 11 is 0. The molecule has 23 heavy (non-hydrogen) atoms. The Bertz CT molecular complexity index is 666. The molecule has 5 nitrogen and oxygen atoms in total. The number of fused-ring (bicyclic) bond motifs is 1. The van der Waals surface area contributed by atoms with Crippen LogP contribution in [0.3, 0.4) is 0 Å². The molecule has 0 aliphatic rings. The number of esters is 1. The number of benzene rings is 1. The Morgan fingerprint density at radius 1 is 1.30 bits per heavy atom. The van der Waals surface area contributed by atoms with Gasteiger partial charge in [-0.25, -0.2) is 4.79 Å². The van der Waals surface area contributed by atoms with Crippen LogP contribution in [-0.2, 0) is 4.74 Å². The van der Waals surface area contributed by atoms with E-state index in [4.69, 9.17) is 4.74 Å². The molecule has 0 saturated heterocycles. The second-order valence-corrected chi connectivity index (χ2v) is 5.45. The number of aliphatic hydroxyl groups is 1. The largest absolute Gasteiger partial charge is 0.461 e. The zero-order chi connectivity index (χ0) is 16.8. The average Bonchev–Trinajstić information content (AvgIpc) is 2.57. The maximum Gasteiger partial charge on any atom is 0.338 e. The monoisotopic (exact) mass is 316 g/mol. The third kappa shape index (κ3) is 4.27. The van der Waals surface area contributed by atoms with Crippen molar-refractivity contribution in [2.75, 3.05) is 26.2 Å². The van der Waals surface area contributed by atoms with Crippen molar-refractivity contribution in [3.8, 4) is 0 Å². The highest BCUT2D eigenvalue weighted by atomic mass is 16.5. The van der Waals surface area contributed by atoms with Crippen LogP contribution in [0.4, 0.5) is 0 Å². The van der Waals surface area contributed by atoms with Crippen LogP contribution in [0.5, 0.6) is 0 Å². The van der Waals surface area contributed by atoms with Gasteiger partial charge in [0.1, 0.15) is 6.61 Å². The highest BCUT2D eigenvalue weighted by Crippen LogP contribution is 2.22. The molecule has 0 aliphatic heterocycles. The summed E-state index contributed by atoms with van der Waals surface area (Å²) in [6.45, 7) is 8.71. The standard InChI is InChI=1S/C18H24N2O3/c1-4-20(5-2)10-11-23-18(22)15-12-17(13(3)21)19-16-9-7-6-8-14(15)16/h6-9,12-13,21H,4-5,10-11H2,1-3H3/t13-/m0/s1. The highest BCUT2D eigenvalue weighted by molar-refractivity contribution is 6.03. The van der Waals surface area contributed by atoms with Crippen molar-refractivity contribution in [1.82, 2.24) is 9.88 Å². The number of carbonyl (C=O) groups is 1. The molecular weight excluding hydrogens is 292 g/mol. The third-order valence-corrected chi connectivity index (χ3v) is 3.92. The van der Waals surface area contributed by atoms with E-state index in [1.54, 1.807) is 13.0 Å². The molecule has 0 radical (unpaired) electrons. The molecule has 0 bridgehead atoms. The molecule has 0 saturated carbocycles. The van der Waals surface area contributed by atoms with E-state index in [9.17, 15) is 9.90 Å². The molecule has 0 amide bonds. The molecule has 0 spiro atoms. The van der Waals surface area contributed by atoms with Gasteiger partial charge in [0.2, 0.25) is 0 Å². The molecule has 2 rings (SSSR count). The van der Waals surface area contributed by atoms with E-state index >= 15 is 0 Å². The molecule has 1 aromatic heterocycles. The van der Waals surface area contributed by atoms with Crippen LogP contribution in [0.25, 0.3) is 10.9 Å². The fourth-order valence-electron chi connectivity index (χ4n) is 2.46. The lowest BCUT2D eigenvalue weighted by Crippen LogP contribution is -2.28. The summed E-state index contributed by atoms with van der Waals surface area (Å²) in [5.74, 6) is -0.377. The molecule has 0 aliphatic carbocycles. The number of likely N-dealkylation sites (N-methyl/N-ethyl adjacent to an activating group) is 1. The van der Waals surface area contributed by atoms with Crippen molar-refractivity contribution in [3.63, 3.8) is 0 Å². The number of aromatic nitrogens is 1. The number of hydrogen-bond acceptors (Lipinski definition) is 5. The zero-order valence-electron chi connectivity index (χ0n) is 14.0. The summed E-state index contributed by atoms with van der Waals surface area (Å²) in [5.41, 5.74) is 1.60. The van der Waals surface area contributed by atoms with E-state index in [0.717, 1.165) is 18.5 Å². The van der Waals surface area contributed by atoms with Gasteiger partial charge < -0.3 is 14.7 Å². The molecule has 1 aromatic carbocycles. The Morgan fingerprint density at radius 3 is 2.65 bits per heavy atom. The van der Waals surface area contributed by atoms with Gasteiger partial charge in [0, 0.05) is 11.9 Å². The summed E-state index contributed by atoms with van der Waals surface area (Å²) in [5, 5.41) is 10.5. The average molecular weight is 316 g/mol. The zero-order valence-corrected chi connectivity index (χ0v) is 14.0. The van der Waals surface area contributed by atoms with Gasteiger partial charge in [0.05, 0.1) is 22.9 Å². The van der Waals surface area contributed by atoms with Crippen LogP contribution in [0, 0.1) is 0 Å². The summed E-state index contributed by atoms with van der Waals surface area (Å²) in [6.07, 6.45) is -0.734. The van der Waals surface area contributed by atoms with E-state index < -0.39 is 6.10 Å². The minimum absolute atomic E-state index is 0.348. The van der Waals surface area contributed by atoms with Crippen molar-refractivity contribution in [2.24, 2.45) is 0 Å².